The molecule has 1 aliphatic heterocycles. The second-order valence-corrected chi connectivity index (χ2v) is 2.36. The van der Waals surface area contributed by atoms with Gasteiger partial charge in [0.2, 0.25) is 0 Å². The fourth-order valence-electron chi connectivity index (χ4n) is 1.14. The molecular weight excluding hydrogens is 131 g/mol. The molecule has 0 aromatic heterocycles. The number of nitriles is 1. The van der Waals surface area contributed by atoms with Crippen molar-refractivity contribution in [3.8, 4) is 6.07 Å². The number of hydrogen-bond donors (Lipinski definition) is 0. The highest BCUT2D eigenvalue weighted by Gasteiger charge is 2.29. The van der Waals surface area contributed by atoms with E-state index in [9.17, 15) is 4.39 Å². The Balaban J connectivity index is 2.59. The zero-order chi connectivity index (χ0) is 7.56. The first-order chi connectivity index (χ1) is 4.77. The third kappa shape index (κ3) is 1.10. The number of likely N-dealkylation sites (tertiary alicyclic amines) is 1. The van der Waals surface area contributed by atoms with E-state index in [2.05, 4.69) is 6.58 Å². The van der Waals surface area contributed by atoms with Gasteiger partial charge in [0.15, 0.2) is 0 Å². The average Bonchev–Trinajstić information content (AvgIpc) is 2.30. The molecule has 1 fully saturated rings. The molecule has 54 valence electrons. The Morgan fingerprint density at radius 1 is 1.80 bits per heavy atom. The molecular formula is C7H9FN2. The smallest absolute Gasteiger partial charge is 0.121 e. The summed E-state index contributed by atoms with van der Waals surface area (Å²) in [4.78, 5) is 1.63. The molecule has 1 heterocycles. The summed E-state index contributed by atoms with van der Waals surface area (Å²) >= 11 is 0. The van der Waals surface area contributed by atoms with Gasteiger partial charge >= 0.3 is 0 Å². The van der Waals surface area contributed by atoms with Crippen LogP contribution >= 0.6 is 0 Å². The summed E-state index contributed by atoms with van der Waals surface area (Å²) in [6.07, 6.45) is 0.985. The van der Waals surface area contributed by atoms with Crippen molar-refractivity contribution in [1.29, 1.82) is 5.26 Å². The molecule has 0 N–H and O–H groups in total. The van der Waals surface area contributed by atoms with Crippen LogP contribution in [0, 0.1) is 11.3 Å². The van der Waals surface area contributed by atoms with Crippen LogP contribution in [0.1, 0.15) is 6.42 Å². The molecule has 1 aliphatic rings. The maximum atomic E-state index is 12.6. The summed E-state index contributed by atoms with van der Waals surface area (Å²) in [6, 6.07) is 1.71. The van der Waals surface area contributed by atoms with Crippen molar-refractivity contribution in [3.05, 3.63) is 12.8 Å². The molecule has 2 atom stereocenters. The summed E-state index contributed by atoms with van der Waals surface area (Å²) in [5.74, 6) is 0. The van der Waals surface area contributed by atoms with Crippen LogP contribution in [0.4, 0.5) is 4.39 Å². The zero-order valence-corrected chi connectivity index (χ0v) is 5.63. The molecule has 0 amide bonds. The van der Waals surface area contributed by atoms with Gasteiger partial charge < -0.3 is 4.90 Å². The van der Waals surface area contributed by atoms with Crippen molar-refractivity contribution in [2.24, 2.45) is 0 Å². The monoisotopic (exact) mass is 140 g/mol. The minimum Gasteiger partial charge on any atom is -0.359 e. The first kappa shape index (κ1) is 7.07. The molecule has 0 spiro atoms. The Hall–Kier alpha value is -1.04. The van der Waals surface area contributed by atoms with E-state index in [0.717, 1.165) is 0 Å². The molecule has 1 rings (SSSR count). The number of rotatable bonds is 1. The lowest BCUT2D eigenvalue weighted by Crippen LogP contribution is -2.21. The maximum Gasteiger partial charge on any atom is 0.121 e. The van der Waals surface area contributed by atoms with E-state index in [-0.39, 0.29) is 6.04 Å². The Kier molecular flexibility index (Phi) is 1.91. The number of alkyl halides is 1. The van der Waals surface area contributed by atoms with E-state index in [1.54, 1.807) is 4.90 Å². The van der Waals surface area contributed by atoms with Gasteiger partial charge in [-0.3, -0.25) is 0 Å². The molecule has 10 heavy (non-hydrogen) atoms. The number of hydrogen-bond acceptors (Lipinski definition) is 2. The van der Waals surface area contributed by atoms with Crippen LogP contribution < -0.4 is 0 Å². The van der Waals surface area contributed by atoms with Crippen LogP contribution in [0.3, 0.4) is 0 Å². The summed E-state index contributed by atoms with van der Waals surface area (Å²) < 4.78 is 12.6. The van der Waals surface area contributed by atoms with Crippen LogP contribution in [0.25, 0.3) is 0 Å². The van der Waals surface area contributed by atoms with Crippen molar-refractivity contribution in [1.82, 2.24) is 4.90 Å². The number of nitrogens with zero attached hydrogens (tertiary/aromatic N) is 2. The van der Waals surface area contributed by atoms with Gasteiger partial charge in [-0.15, -0.1) is 0 Å². The summed E-state index contributed by atoms with van der Waals surface area (Å²) in [5.41, 5.74) is 0. The molecule has 0 radical (unpaired) electrons. The summed E-state index contributed by atoms with van der Waals surface area (Å²) in [5, 5.41) is 8.48. The first-order valence-corrected chi connectivity index (χ1v) is 3.20. The zero-order valence-electron chi connectivity index (χ0n) is 5.63. The minimum absolute atomic E-state index is 0.299. The van der Waals surface area contributed by atoms with Gasteiger partial charge in [0.25, 0.3) is 0 Å². The molecule has 0 aromatic carbocycles. The average molecular weight is 140 g/mol. The van der Waals surface area contributed by atoms with Crippen molar-refractivity contribution < 1.29 is 4.39 Å². The molecule has 1 saturated heterocycles. The minimum atomic E-state index is -0.859. The second-order valence-electron chi connectivity index (χ2n) is 2.36. The largest absolute Gasteiger partial charge is 0.359 e. The van der Waals surface area contributed by atoms with Gasteiger partial charge in [0.1, 0.15) is 12.2 Å². The normalized spacial score (nSPS) is 31.8. The van der Waals surface area contributed by atoms with Gasteiger partial charge in [0, 0.05) is 6.42 Å². The molecule has 0 aliphatic carbocycles. The summed E-state index contributed by atoms with van der Waals surface area (Å²) in [6.45, 7) is 3.80. The highest BCUT2D eigenvalue weighted by molar-refractivity contribution is 5.02. The molecule has 2 nitrogen and oxygen atoms in total. The van der Waals surface area contributed by atoms with Crippen LogP contribution in [0.2, 0.25) is 0 Å². The lowest BCUT2D eigenvalue weighted by molar-refractivity contribution is 0.331. The van der Waals surface area contributed by atoms with Crippen molar-refractivity contribution in [2.45, 2.75) is 18.6 Å². The predicted octanol–water partition coefficient (Wildman–Crippen LogP) is 1.07. The van der Waals surface area contributed by atoms with Crippen molar-refractivity contribution in [3.63, 3.8) is 0 Å². The quantitative estimate of drug-likeness (QED) is 0.544. The van der Waals surface area contributed by atoms with Crippen LogP contribution in [0.15, 0.2) is 12.8 Å². The predicted molar refractivity (Wildman–Crippen MR) is 35.8 cm³/mol. The topological polar surface area (TPSA) is 27.0 Å². The highest BCUT2D eigenvalue weighted by Crippen LogP contribution is 2.19. The van der Waals surface area contributed by atoms with Crippen molar-refractivity contribution in [2.75, 3.05) is 6.54 Å². The number of halogens is 1. The van der Waals surface area contributed by atoms with Gasteiger partial charge in [-0.25, -0.2) is 4.39 Å². The summed E-state index contributed by atoms with van der Waals surface area (Å²) in [7, 11) is 0. The van der Waals surface area contributed by atoms with E-state index >= 15 is 0 Å². The third-order valence-electron chi connectivity index (χ3n) is 1.67. The molecule has 0 saturated carbocycles. The lowest BCUT2D eigenvalue weighted by Gasteiger charge is -2.13. The maximum absolute atomic E-state index is 12.6. The van der Waals surface area contributed by atoms with Gasteiger partial charge in [-0.1, -0.05) is 6.58 Å². The van der Waals surface area contributed by atoms with E-state index in [4.69, 9.17) is 5.26 Å². The highest BCUT2D eigenvalue weighted by atomic mass is 19.1. The molecule has 3 heteroatoms. The fourth-order valence-corrected chi connectivity index (χ4v) is 1.14. The van der Waals surface area contributed by atoms with E-state index in [0.29, 0.717) is 13.0 Å². The molecule has 0 unspecified atom stereocenters. The van der Waals surface area contributed by atoms with Crippen LogP contribution in [-0.4, -0.2) is 23.7 Å². The SMILES string of the molecule is C=CN1C[C@@H](F)C[C@H]1C#N. The van der Waals surface area contributed by atoms with E-state index in [1.165, 1.54) is 6.20 Å². The van der Waals surface area contributed by atoms with E-state index in [1.807, 2.05) is 6.07 Å². The lowest BCUT2D eigenvalue weighted by atomic mass is 10.2. The first-order valence-electron chi connectivity index (χ1n) is 3.20. The van der Waals surface area contributed by atoms with Gasteiger partial charge in [-0.2, -0.15) is 5.26 Å². The second kappa shape index (κ2) is 2.70. The van der Waals surface area contributed by atoms with E-state index < -0.39 is 6.17 Å². The van der Waals surface area contributed by atoms with Crippen LogP contribution in [0.5, 0.6) is 0 Å². The standard InChI is InChI=1S/C7H9FN2/c1-2-10-5-6(8)3-7(10)4-9/h2,6-7H,1,3,5H2/t6-,7-/m0/s1. The Morgan fingerprint density at radius 3 is 2.90 bits per heavy atom. The Bertz CT molecular complexity index is 173. The van der Waals surface area contributed by atoms with Crippen molar-refractivity contribution >= 4 is 0 Å². The fraction of sp³-hybridized carbons (Fsp3) is 0.571. The third-order valence-corrected chi connectivity index (χ3v) is 1.67. The molecule has 0 bridgehead atoms. The Morgan fingerprint density at radius 2 is 2.50 bits per heavy atom. The molecule has 0 aromatic rings. The Labute approximate surface area is 59.6 Å². The van der Waals surface area contributed by atoms with Gasteiger partial charge in [0.05, 0.1) is 12.6 Å². The van der Waals surface area contributed by atoms with Crippen LogP contribution in [-0.2, 0) is 0 Å². The van der Waals surface area contributed by atoms with Gasteiger partial charge in [-0.05, 0) is 6.20 Å².